The predicted molar refractivity (Wildman–Crippen MR) is 79.8 cm³/mol. The molecule has 0 aromatic carbocycles. The largest absolute Gasteiger partial charge is 0.285 e. The molecule has 2 aliphatic rings. The summed E-state index contributed by atoms with van der Waals surface area (Å²) < 4.78 is 0. The molecule has 19 heavy (non-hydrogen) atoms. The summed E-state index contributed by atoms with van der Waals surface area (Å²) in [7, 11) is 0. The van der Waals surface area contributed by atoms with Crippen LogP contribution in [0.4, 0.5) is 0 Å². The molecule has 1 saturated carbocycles. The van der Waals surface area contributed by atoms with Crippen LogP contribution >= 0.6 is 0 Å². The van der Waals surface area contributed by atoms with E-state index < -0.39 is 0 Å². The van der Waals surface area contributed by atoms with Crippen LogP contribution in [0.5, 0.6) is 0 Å². The average molecular weight is 262 g/mol. The Bertz CT molecular complexity index is 338. The molecule has 0 bridgehead atoms. The van der Waals surface area contributed by atoms with Crippen molar-refractivity contribution in [1.82, 2.24) is 4.90 Å². The van der Waals surface area contributed by atoms with Gasteiger partial charge in [-0.2, -0.15) is 5.26 Å². The van der Waals surface area contributed by atoms with Gasteiger partial charge >= 0.3 is 0 Å². The molecule has 1 aliphatic heterocycles. The molecule has 2 fully saturated rings. The van der Waals surface area contributed by atoms with Gasteiger partial charge in [-0.15, -0.1) is 0 Å². The normalized spacial score (nSPS) is 30.3. The molecule has 0 N–H and O–H groups in total. The topological polar surface area (TPSA) is 27.0 Å². The zero-order valence-corrected chi connectivity index (χ0v) is 13.3. The van der Waals surface area contributed by atoms with E-state index in [2.05, 4.69) is 38.7 Å². The molecule has 2 heteroatoms. The minimum absolute atomic E-state index is 0.213. The highest BCUT2D eigenvalue weighted by Gasteiger charge is 2.50. The molecule has 0 aromatic rings. The summed E-state index contributed by atoms with van der Waals surface area (Å²) in [5.41, 5.74) is 0.350. The number of nitrogens with zero attached hydrogens (tertiary/aromatic N) is 2. The second-order valence-electron chi connectivity index (χ2n) is 8.40. The van der Waals surface area contributed by atoms with Crippen molar-refractivity contribution in [1.29, 1.82) is 5.26 Å². The SMILES string of the molecule is CC1(C)CC(C)(C)CC(C#N)(N2CCCCCC2)C1. The van der Waals surface area contributed by atoms with Crippen LogP contribution < -0.4 is 0 Å². The lowest BCUT2D eigenvalue weighted by atomic mass is 9.58. The molecule has 2 nitrogen and oxygen atoms in total. The van der Waals surface area contributed by atoms with E-state index in [9.17, 15) is 5.26 Å². The van der Waals surface area contributed by atoms with Crippen LogP contribution in [0.15, 0.2) is 0 Å². The summed E-state index contributed by atoms with van der Waals surface area (Å²) in [6.07, 6.45) is 8.53. The fraction of sp³-hybridized carbons (Fsp3) is 0.941. The number of hydrogen-bond donors (Lipinski definition) is 0. The highest BCUT2D eigenvalue weighted by Crippen LogP contribution is 2.52. The maximum Gasteiger partial charge on any atom is 0.110 e. The Balaban J connectivity index is 2.27. The molecule has 0 aromatic heterocycles. The van der Waals surface area contributed by atoms with E-state index >= 15 is 0 Å². The monoisotopic (exact) mass is 262 g/mol. The van der Waals surface area contributed by atoms with Crippen molar-refractivity contribution in [2.45, 2.75) is 78.2 Å². The first-order chi connectivity index (χ1) is 8.79. The highest BCUT2D eigenvalue weighted by molar-refractivity contribution is 5.15. The third kappa shape index (κ3) is 3.31. The van der Waals surface area contributed by atoms with Crippen molar-refractivity contribution in [3.8, 4) is 6.07 Å². The third-order valence-corrected chi connectivity index (χ3v) is 4.92. The van der Waals surface area contributed by atoms with Crippen LogP contribution in [0.3, 0.4) is 0 Å². The Kier molecular flexibility index (Phi) is 3.98. The molecule has 0 radical (unpaired) electrons. The summed E-state index contributed by atoms with van der Waals surface area (Å²) >= 11 is 0. The predicted octanol–water partition coefficient (Wildman–Crippen LogP) is 4.36. The van der Waals surface area contributed by atoms with E-state index in [0.29, 0.717) is 0 Å². The molecule has 1 heterocycles. The smallest absolute Gasteiger partial charge is 0.110 e. The zero-order chi connectivity index (χ0) is 14.1. The van der Waals surface area contributed by atoms with Crippen LogP contribution in [0, 0.1) is 22.2 Å². The fourth-order valence-electron chi connectivity index (χ4n) is 4.94. The van der Waals surface area contributed by atoms with Crippen molar-refractivity contribution in [3.05, 3.63) is 0 Å². The first-order valence-corrected chi connectivity index (χ1v) is 7.95. The van der Waals surface area contributed by atoms with Crippen LogP contribution in [0.2, 0.25) is 0 Å². The van der Waals surface area contributed by atoms with Gasteiger partial charge in [0.1, 0.15) is 5.54 Å². The molecule has 0 unspecified atom stereocenters. The molecule has 2 rings (SSSR count). The first-order valence-electron chi connectivity index (χ1n) is 7.95. The third-order valence-electron chi connectivity index (χ3n) is 4.92. The van der Waals surface area contributed by atoms with Gasteiger partial charge in [0, 0.05) is 0 Å². The standard InChI is InChI=1S/C17H30N2/c1-15(2)11-16(3,4)13-17(12-15,14-18)19-9-7-5-6-8-10-19/h5-13H2,1-4H3. The maximum absolute atomic E-state index is 9.96. The zero-order valence-electron chi connectivity index (χ0n) is 13.3. The lowest BCUT2D eigenvalue weighted by Gasteiger charge is -2.53. The van der Waals surface area contributed by atoms with Crippen molar-refractivity contribution < 1.29 is 0 Å². The lowest BCUT2D eigenvalue weighted by molar-refractivity contribution is -0.0146. The average Bonchev–Trinajstić information content (AvgIpc) is 2.53. The van der Waals surface area contributed by atoms with Gasteiger partial charge in [0.2, 0.25) is 0 Å². The second-order valence-corrected chi connectivity index (χ2v) is 8.40. The first kappa shape index (κ1) is 14.9. The van der Waals surface area contributed by atoms with Gasteiger partial charge in [-0.3, -0.25) is 4.90 Å². The van der Waals surface area contributed by atoms with E-state index in [1.54, 1.807) is 0 Å². The fourth-order valence-corrected chi connectivity index (χ4v) is 4.94. The Hall–Kier alpha value is -0.550. The molecular weight excluding hydrogens is 232 g/mol. The minimum atomic E-state index is -0.213. The quantitative estimate of drug-likeness (QED) is 0.702. The summed E-state index contributed by atoms with van der Waals surface area (Å²) in [6, 6.07) is 2.75. The van der Waals surface area contributed by atoms with Crippen LogP contribution in [0.1, 0.15) is 72.6 Å². The minimum Gasteiger partial charge on any atom is -0.285 e. The van der Waals surface area contributed by atoms with Gasteiger partial charge in [-0.1, -0.05) is 40.5 Å². The molecule has 1 saturated heterocycles. The van der Waals surface area contributed by atoms with Crippen molar-refractivity contribution >= 4 is 0 Å². The van der Waals surface area contributed by atoms with Gasteiger partial charge in [-0.25, -0.2) is 0 Å². The number of hydrogen-bond acceptors (Lipinski definition) is 2. The van der Waals surface area contributed by atoms with Crippen LogP contribution in [0.25, 0.3) is 0 Å². The summed E-state index contributed by atoms with van der Waals surface area (Å²) in [5.74, 6) is 0. The summed E-state index contributed by atoms with van der Waals surface area (Å²) in [4.78, 5) is 2.53. The van der Waals surface area contributed by atoms with Gasteiger partial charge in [0.05, 0.1) is 6.07 Å². The number of rotatable bonds is 1. The Labute approximate surface area is 119 Å². The molecular formula is C17H30N2. The van der Waals surface area contributed by atoms with Gasteiger partial charge < -0.3 is 0 Å². The molecule has 108 valence electrons. The van der Waals surface area contributed by atoms with Crippen molar-refractivity contribution in [2.24, 2.45) is 10.8 Å². The summed E-state index contributed by atoms with van der Waals surface area (Å²) in [6.45, 7) is 11.6. The van der Waals surface area contributed by atoms with Crippen LogP contribution in [-0.4, -0.2) is 23.5 Å². The van der Waals surface area contributed by atoms with Gasteiger partial charge in [0.25, 0.3) is 0 Å². The number of nitriles is 1. The van der Waals surface area contributed by atoms with E-state index in [4.69, 9.17) is 0 Å². The second kappa shape index (κ2) is 5.09. The number of likely N-dealkylation sites (tertiary alicyclic amines) is 1. The lowest BCUT2D eigenvalue weighted by Crippen LogP contribution is -2.56. The van der Waals surface area contributed by atoms with Crippen molar-refractivity contribution in [2.75, 3.05) is 13.1 Å². The van der Waals surface area contributed by atoms with E-state index in [-0.39, 0.29) is 16.4 Å². The van der Waals surface area contributed by atoms with E-state index in [1.165, 1.54) is 32.1 Å². The Morgan fingerprint density at radius 2 is 1.26 bits per heavy atom. The van der Waals surface area contributed by atoms with E-state index in [0.717, 1.165) is 25.9 Å². The molecule has 0 amide bonds. The maximum atomic E-state index is 9.96. The van der Waals surface area contributed by atoms with Gasteiger partial charge in [-0.05, 0) is 56.0 Å². The van der Waals surface area contributed by atoms with Crippen LogP contribution in [-0.2, 0) is 0 Å². The van der Waals surface area contributed by atoms with Gasteiger partial charge in [0.15, 0.2) is 0 Å². The highest BCUT2D eigenvalue weighted by atomic mass is 15.2. The van der Waals surface area contributed by atoms with Crippen molar-refractivity contribution in [3.63, 3.8) is 0 Å². The molecule has 0 atom stereocenters. The Morgan fingerprint density at radius 3 is 1.68 bits per heavy atom. The molecule has 1 aliphatic carbocycles. The summed E-state index contributed by atoms with van der Waals surface area (Å²) in [5, 5.41) is 9.96. The van der Waals surface area contributed by atoms with E-state index in [1.807, 2.05) is 0 Å². The Morgan fingerprint density at radius 1 is 0.789 bits per heavy atom. The molecule has 0 spiro atoms.